The molecule has 0 spiro atoms. The van der Waals surface area contributed by atoms with E-state index in [0.29, 0.717) is 12.2 Å². The van der Waals surface area contributed by atoms with E-state index >= 15 is 0 Å². The van der Waals surface area contributed by atoms with Gasteiger partial charge in [-0.05, 0) is 24.1 Å². The van der Waals surface area contributed by atoms with Gasteiger partial charge >= 0.3 is 0 Å². The third-order valence-electron chi connectivity index (χ3n) is 3.09. The van der Waals surface area contributed by atoms with Crippen molar-refractivity contribution in [3.8, 4) is 0 Å². The zero-order valence-corrected chi connectivity index (χ0v) is 12.3. The van der Waals surface area contributed by atoms with Gasteiger partial charge in [0.2, 0.25) is 0 Å². The predicted octanol–water partition coefficient (Wildman–Crippen LogP) is 3.36. The van der Waals surface area contributed by atoms with E-state index < -0.39 is 5.82 Å². The summed E-state index contributed by atoms with van der Waals surface area (Å²) in [4.78, 5) is 0. The molecule has 0 bridgehead atoms. The van der Waals surface area contributed by atoms with Gasteiger partial charge in [-0.3, -0.25) is 4.68 Å². The second-order valence-electron chi connectivity index (χ2n) is 4.68. The Morgan fingerprint density at radius 3 is 2.85 bits per heavy atom. The molecule has 0 aliphatic heterocycles. The van der Waals surface area contributed by atoms with Crippen LogP contribution in [0.2, 0.25) is 5.02 Å². The molecule has 1 heterocycles. The number of hydrogen-bond donors (Lipinski definition) is 2. The second-order valence-corrected chi connectivity index (χ2v) is 5.09. The minimum atomic E-state index is -0.416. The molecule has 0 saturated carbocycles. The van der Waals surface area contributed by atoms with Crippen molar-refractivity contribution in [2.45, 2.75) is 26.3 Å². The van der Waals surface area contributed by atoms with E-state index in [0.717, 1.165) is 29.9 Å². The number of aryl methyl sites for hydroxylation is 2. The fraction of sp³-hybridized carbons (Fsp3) is 0.357. The number of nitrogens with two attached hydrogens (primary N) is 1. The normalized spacial score (nSPS) is 10.8. The summed E-state index contributed by atoms with van der Waals surface area (Å²) in [6.45, 7) is 2.59. The van der Waals surface area contributed by atoms with Gasteiger partial charge in [0.1, 0.15) is 11.6 Å². The number of anilines is 2. The van der Waals surface area contributed by atoms with Gasteiger partial charge < -0.3 is 11.1 Å². The Balaban J connectivity index is 2.12. The smallest absolute Gasteiger partial charge is 0.148 e. The Morgan fingerprint density at radius 1 is 1.45 bits per heavy atom. The largest absolute Gasteiger partial charge is 0.394 e. The van der Waals surface area contributed by atoms with E-state index in [-0.39, 0.29) is 5.02 Å². The fourth-order valence-corrected chi connectivity index (χ4v) is 2.27. The van der Waals surface area contributed by atoms with Crippen LogP contribution in [0, 0.1) is 5.82 Å². The predicted molar refractivity (Wildman–Crippen MR) is 80.4 cm³/mol. The molecule has 0 amide bonds. The van der Waals surface area contributed by atoms with Crippen LogP contribution in [-0.4, -0.2) is 9.78 Å². The Bertz CT molecular complexity index is 609. The van der Waals surface area contributed by atoms with Crippen molar-refractivity contribution in [2.24, 2.45) is 7.05 Å². The quantitative estimate of drug-likeness (QED) is 0.889. The first-order valence-corrected chi connectivity index (χ1v) is 6.89. The molecule has 20 heavy (non-hydrogen) atoms. The Hall–Kier alpha value is -1.75. The summed E-state index contributed by atoms with van der Waals surface area (Å²) in [5, 5.41) is 7.72. The molecule has 0 radical (unpaired) electrons. The molecule has 2 rings (SSSR count). The SMILES string of the molecule is CCCc1nn(C)c(NCc2ccc(F)c(Cl)c2)c1N. The van der Waals surface area contributed by atoms with Crippen LogP contribution in [0.25, 0.3) is 0 Å². The number of aromatic nitrogens is 2. The summed E-state index contributed by atoms with van der Waals surface area (Å²) in [7, 11) is 1.84. The van der Waals surface area contributed by atoms with E-state index in [1.54, 1.807) is 16.8 Å². The average molecular weight is 297 g/mol. The summed E-state index contributed by atoms with van der Waals surface area (Å²) < 4.78 is 14.8. The number of halogens is 2. The summed E-state index contributed by atoms with van der Waals surface area (Å²) in [6, 6.07) is 4.64. The van der Waals surface area contributed by atoms with Crippen molar-refractivity contribution >= 4 is 23.1 Å². The van der Waals surface area contributed by atoms with Crippen molar-refractivity contribution < 1.29 is 4.39 Å². The Kier molecular flexibility index (Phi) is 4.49. The Labute approximate surface area is 122 Å². The first-order chi connectivity index (χ1) is 9.52. The van der Waals surface area contributed by atoms with Gasteiger partial charge in [0, 0.05) is 13.6 Å². The molecule has 0 unspecified atom stereocenters. The van der Waals surface area contributed by atoms with Crippen LogP contribution < -0.4 is 11.1 Å². The molecule has 1 aromatic carbocycles. The van der Waals surface area contributed by atoms with E-state index in [4.69, 9.17) is 17.3 Å². The van der Waals surface area contributed by atoms with Crippen LogP contribution in [0.15, 0.2) is 18.2 Å². The molecule has 0 fully saturated rings. The molecule has 6 heteroatoms. The second kappa shape index (κ2) is 6.13. The van der Waals surface area contributed by atoms with Crippen molar-refractivity contribution in [2.75, 3.05) is 11.1 Å². The molecule has 3 N–H and O–H groups in total. The number of benzene rings is 1. The highest BCUT2D eigenvalue weighted by Crippen LogP contribution is 2.24. The molecule has 1 aromatic heterocycles. The lowest BCUT2D eigenvalue weighted by Gasteiger charge is -2.08. The number of nitrogens with one attached hydrogen (secondary N) is 1. The van der Waals surface area contributed by atoms with Gasteiger partial charge in [-0.1, -0.05) is 31.0 Å². The van der Waals surface area contributed by atoms with Gasteiger partial charge in [0.05, 0.1) is 16.4 Å². The average Bonchev–Trinajstić information content (AvgIpc) is 2.67. The highest BCUT2D eigenvalue weighted by atomic mass is 35.5. The molecule has 0 saturated heterocycles. The van der Waals surface area contributed by atoms with Crippen molar-refractivity contribution in [1.82, 2.24) is 9.78 Å². The fourth-order valence-electron chi connectivity index (χ4n) is 2.06. The lowest BCUT2D eigenvalue weighted by molar-refractivity contribution is 0.627. The van der Waals surface area contributed by atoms with Gasteiger partial charge in [-0.2, -0.15) is 5.10 Å². The zero-order chi connectivity index (χ0) is 14.7. The van der Waals surface area contributed by atoms with E-state index in [1.807, 2.05) is 7.05 Å². The van der Waals surface area contributed by atoms with Crippen LogP contribution in [0.4, 0.5) is 15.9 Å². The third-order valence-corrected chi connectivity index (χ3v) is 3.38. The Morgan fingerprint density at radius 2 is 2.20 bits per heavy atom. The third kappa shape index (κ3) is 3.04. The molecule has 0 atom stereocenters. The minimum Gasteiger partial charge on any atom is -0.394 e. The summed E-state index contributed by atoms with van der Waals surface area (Å²) in [5.74, 6) is 0.356. The number of hydrogen-bond acceptors (Lipinski definition) is 3. The lowest BCUT2D eigenvalue weighted by atomic mass is 10.2. The minimum absolute atomic E-state index is 0.119. The highest BCUT2D eigenvalue weighted by molar-refractivity contribution is 6.30. The summed E-state index contributed by atoms with van der Waals surface area (Å²) in [6.07, 6.45) is 1.85. The molecular weight excluding hydrogens is 279 g/mol. The first kappa shape index (κ1) is 14.7. The number of nitrogens with zero attached hydrogens (tertiary/aromatic N) is 2. The maximum absolute atomic E-state index is 13.1. The molecule has 0 aliphatic rings. The van der Waals surface area contributed by atoms with Crippen molar-refractivity contribution in [1.29, 1.82) is 0 Å². The van der Waals surface area contributed by atoms with Crippen molar-refractivity contribution in [3.63, 3.8) is 0 Å². The van der Waals surface area contributed by atoms with Gasteiger partial charge in [0.25, 0.3) is 0 Å². The summed E-state index contributed by atoms with van der Waals surface area (Å²) >= 11 is 5.76. The topological polar surface area (TPSA) is 55.9 Å². The van der Waals surface area contributed by atoms with Gasteiger partial charge in [-0.25, -0.2) is 4.39 Å². The standard InChI is InChI=1S/C14H18ClFN4/c1-3-4-12-13(17)14(20(2)19-12)18-8-9-5-6-11(16)10(15)7-9/h5-7,18H,3-4,8,17H2,1-2H3. The van der Waals surface area contributed by atoms with Crippen LogP contribution in [-0.2, 0) is 20.0 Å². The van der Waals surface area contributed by atoms with Crippen LogP contribution in [0.5, 0.6) is 0 Å². The van der Waals surface area contributed by atoms with Crippen LogP contribution in [0.1, 0.15) is 24.6 Å². The van der Waals surface area contributed by atoms with Gasteiger partial charge in [0.15, 0.2) is 0 Å². The van der Waals surface area contributed by atoms with E-state index in [2.05, 4.69) is 17.3 Å². The van der Waals surface area contributed by atoms with E-state index in [1.165, 1.54) is 6.07 Å². The number of nitrogen functional groups attached to an aromatic ring is 1. The molecule has 4 nitrogen and oxygen atoms in total. The lowest BCUT2D eigenvalue weighted by Crippen LogP contribution is -2.06. The van der Waals surface area contributed by atoms with Crippen molar-refractivity contribution in [3.05, 3.63) is 40.3 Å². The molecule has 0 aliphatic carbocycles. The van der Waals surface area contributed by atoms with Crippen LogP contribution in [0.3, 0.4) is 0 Å². The molecular formula is C14H18ClFN4. The van der Waals surface area contributed by atoms with E-state index in [9.17, 15) is 4.39 Å². The van der Waals surface area contributed by atoms with Crippen LogP contribution >= 0.6 is 11.6 Å². The number of rotatable bonds is 5. The maximum atomic E-state index is 13.1. The van der Waals surface area contributed by atoms with Gasteiger partial charge in [-0.15, -0.1) is 0 Å². The monoisotopic (exact) mass is 296 g/mol. The highest BCUT2D eigenvalue weighted by Gasteiger charge is 2.12. The maximum Gasteiger partial charge on any atom is 0.148 e. The zero-order valence-electron chi connectivity index (χ0n) is 11.6. The first-order valence-electron chi connectivity index (χ1n) is 6.52. The summed E-state index contributed by atoms with van der Waals surface area (Å²) in [5.41, 5.74) is 8.53. The molecule has 108 valence electrons. The molecule has 2 aromatic rings.